The summed E-state index contributed by atoms with van der Waals surface area (Å²) in [5.41, 5.74) is 19.2. The zero-order chi connectivity index (χ0) is 47.7. The molecule has 4 heterocycles. The molecule has 72 heavy (non-hydrogen) atoms. The van der Waals surface area contributed by atoms with Gasteiger partial charge in [-0.15, -0.1) is 0 Å². The quantitative estimate of drug-likeness (QED) is 0.167. The molecule has 15 rings (SSSR count). The average molecular weight is 924 g/mol. The van der Waals surface area contributed by atoms with Crippen LogP contribution < -0.4 is 0 Å². The average Bonchev–Trinajstić information content (AvgIpc) is 4.14. The summed E-state index contributed by atoms with van der Waals surface area (Å²) in [6.45, 7) is 4.74. The van der Waals surface area contributed by atoms with E-state index in [9.17, 15) is 0 Å². The van der Waals surface area contributed by atoms with Crippen LogP contribution in [0.25, 0.3) is 133 Å². The molecule has 0 bridgehead atoms. The number of aromatic nitrogens is 5. The molecule has 0 atom stereocenters. The molecule has 4 aromatic heterocycles. The SMILES string of the molecule is CC1(C)c2ccccc2-c2cc3c4cc(-c5ccc6oc7cc8c(cc7c6c5)c5ccccc5n8-c5cccc(-c6nc(-c7ccccc7)nc(-c7ccccc7)n6)c5)ccc4n(C4=CC=CCC4)c3cc21. The van der Waals surface area contributed by atoms with Gasteiger partial charge in [0.25, 0.3) is 0 Å². The number of para-hydroxylation sites is 1. The van der Waals surface area contributed by atoms with E-state index in [0.717, 1.165) is 79.1 Å². The maximum Gasteiger partial charge on any atom is 0.164 e. The van der Waals surface area contributed by atoms with Crippen molar-refractivity contribution in [3.05, 3.63) is 223 Å². The van der Waals surface area contributed by atoms with E-state index >= 15 is 0 Å². The standard InChI is InChI=1S/C66H45N5O/c1-66(2)55-27-14-12-25-47(55)49-36-52-50-34-42(29-31-58(50)70(59(52)38-56(49)66)45-22-10-5-11-23-45)43-30-32-61-53(35-43)54-37-51-48-26-13-15-28-57(48)71(60(51)39-62(54)72-61)46-24-16-21-44(33-46)65-68-63(40-17-6-3-7-18-40)67-64(69-65)41-19-8-4-9-20-41/h3-10,12-22,24-39H,11,23H2,1-2H3. The van der Waals surface area contributed by atoms with Gasteiger partial charge >= 0.3 is 0 Å². The highest BCUT2D eigenvalue weighted by Crippen LogP contribution is 2.51. The van der Waals surface area contributed by atoms with Crippen LogP contribution in [0.1, 0.15) is 37.8 Å². The Bertz CT molecular complexity index is 4410. The number of benzene rings is 9. The minimum absolute atomic E-state index is 0.0842. The van der Waals surface area contributed by atoms with Crippen molar-refractivity contribution in [1.29, 1.82) is 0 Å². The summed E-state index contributed by atoms with van der Waals surface area (Å²) < 4.78 is 11.6. The number of nitrogens with zero attached hydrogens (tertiary/aromatic N) is 5. The molecule has 6 heteroatoms. The predicted octanol–water partition coefficient (Wildman–Crippen LogP) is 17.1. The maximum absolute atomic E-state index is 6.77. The molecule has 2 aliphatic carbocycles. The highest BCUT2D eigenvalue weighted by atomic mass is 16.3. The van der Waals surface area contributed by atoms with E-state index in [1.807, 2.05) is 60.7 Å². The molecule has 0 N–H and O–H groups in total. The largest absolute Gasteiger partial charge is 0.456 e. The Morgan fingerprint density at radius 3 is 1.82 bits per heavy atom. The molecular weight excluding hydrogens is 879 g/mol. The normalized spacial score (nSPS) is 14.0. The van der Waals surface area contributed by atoms with Gasteiger partial charge in [-0.25, -0.2) is 15.0 Å². The third kappa shape index (κ3) is 6.12. The Morgan fingerprint density at radius 1 is 0.417 bits per heavy atom. The Kier molecular flexibility index (Phi) is 8.73. The van der Waals surface area contributed by atoms with Crippen molar-refractivity contribution in [1.82, 2.24) is 24.1 Å². The van der Waals surface area contributed by atoms with E-state index in [4.69, 9.17) is 19.4 Å². The van der Waals surface area contributed by atoms with Gasteiger partial charge in [0, 0.05) is 71.9 Å². The molecule has 6 nitrogen and oxygen atoms in total. The van der Waals surface area contributed by atoms with Gasteiger partial charge < -0.3 is 13.6 Å². The number of allylic oxidation sites excluding steroid dienone is 4. The Morgan fingerprint density at radius 2 is 1.04 bits per heavy atom. The van der Waals surface area contributed by atoms with Gasteiger partial charge in [0.15, 0.2) is 17.5 Å². The van der Waals surface area contributed by atoms with Crippen molar-refractivity contribution in [3.8, 4) is 62.1 Å². The molecule has 340 valence electrons. The van der Waals surface area contributed by atoms with E-state index in [1.165, 1.54) is 60.7 Å². The van der Waals surface area contributed by atoms with Crippen LogP contribution in [0, 0.1) is 0 Å². The van der Waals surface area contributed by atoms with Crippen LogP contribution in [0.4, 0.5) is 0 Å². The molecule has 0 saturated carbocycles. The van der Waals surface area contributed by atoms with E-state index in [0.29, 0.717) is 17.5 Å². The zero-order valence-corrected chi connectivity index (χ0v) is 39.8. The number of rotatable bonds is 6. The molecule has 13 aromatic rings. The minimum atomic E-state index is -0.0842. The Labute approximate surface area is 415 Å². The fraction of sp³-hybridized carbons (Fsp3) is 0.0758. The van der Waals surface area contributed by atoms with Crippen LogP contribution in [0.2, 0.25) is 0 Å². The van der Waals surface area contributed by atoms with Gasteiger partial charge in [0.05, 0.1) is 22.1 Å². The van der Waals surface area contributed by atoms with Crippen LogP contribution >= 0.6 is 0 Å². The molecule has 9 aromatic carbocycles. The smallest absolute Gasteiger partial charge is 0.164 e. The lowest BCUT2D eigenvalue weighted by atomic mass is 9.82. The van der Waals surface area contributed by atoms with Crippen molar-refractivity contribution >= 4 is 71.2 Å². The van der Waals surface area contributed by atoms with Crippen molar-refractivity contribution in [2.24, 2.45) is 0 Å². The first-order chi connectivity index (χ1) is 35.4. The summed E-state index contributed by atoms with van der Waals surface area (Å²) in [5.74, 6) is 1.88. The topological polar surface area (TPSA) is 61.7 Å². The van der Waals surface area contributed by atoms with Gasteiger partial charge in [-0.3, -0.25) is 0 Å². The molecule has 0 aliphatic heterocycles. The second-order valence-electron chi connectivity index (χ2n) is 19.9. The lowest BCUT2D eigenvalue weighted by Crippen LogP contribution is -2.15. The minimum Gasteiger partial charge on any atom is -0.456 e. The molecule has 0 fully saturated rings. The van der Waals surface area contributed by atoms with Crippen LogP contribution in [0.3, 0.4) is 0 Å². The highest BCUT2D eigenvalue weighted by molar-refractivity contribution is 6.18. The summed E-state index contributed by atoms with van der Waals surface area (Å²) in [6.07, 6.45) is 8.83. The summed E-state index contributed by atoms with van der Waals surface area (Å²) >= 11 is 0. The second-order valence-corrected chi connectivity index (χ2v) is 19.9. The molecular formula is C66H45N5O. The molecule has 0 amide bonds. The van der Waals surface area contributed by atoms with Gasteiger partial charge in [0.1, 0.15) is 11.2 Å². The first kappa shape index (κ1) is 40.7. The highest BCUT2D eigenvalue weighted by Gasteiger charge is 2.36. The number of fused-ring (bicyclic) bond motifs is 12. The Hall–Kier alpha value is -9.13. The van der Waals surface area contributed by atoms with Gasteiger partial charge in [-0.2, -0.15) is 0 Å². The maximum atomic E-state index is 6.77. The number of hydrogen-bond acceptors (Lipinski definition) is 4. The van der Waals surface area contributed by atoms with Gasteiger partial charge in [0.2, 0.25) is 0 Å². The molecule has 0 unspecified atom stereocenters. The third-order valence-corrected chi connectivity index (χ3v) is 15.4. The lowest BCUT2D eigenvalue weighted by Gasteiger charge is -2.22. The van der Waals surface area contributed by atoms with Gasteiger partial charge in [-0.1, -0.05) is 153 Å². The molecule has 0 radical (unpaired) electrons. The Balaban J connectivity index is 0.869. The van der Waals surface area contributed by atoms with Crippen molar-refractivity contribution < 1.29 is 4.42 Å². The van der Waals surface area contributed by atoms with Crippen molar-refractivity contribution in [2.45, 2.75) is 32.1 Å². The van der Waals surface area contributed by atoms with Crippen LogP contribution in [-0.4, -0.2) is 24.1 Å². The summed E-state index contributed by atoms with van der Waals surface area (Å²) in [7, 11) is 0. The van der Waals surface area contributed by atoms with Crippen LogP contribution in [0.5, 0.6) is 0 Å². The number of furan rings is 1. The summed E-state index contributed by atoms with van der Waals surface area (Å²) in [6, 6.07) is 69.6. The van der Waals surface area contributed by atoms with Crippen LogP contribution in [-0.2, 0) is 5.41 Å². The first-order valence-corrected chi connectivity index (χ1v) is 24.9. The van der Waals surface area contributed by atoms with E-state index < -0.39 is 0 Å². The van der Waals surface area contributed by atoms with E-state index in [2.05, 4.69) is 175 Å². The third-order valence-electron chi connectivity index (χ3n) is 15.4. The van der Waals surface area contributed by atoms with Crippen LogP contribution in [0.15, 0.2) is 217 Å². The first-order valence-electron chi connectivity index (χ1n) is 24.9. The monoisotopic (exact) mass is 923 g/mol. The van der Waals surface area contributed by atoms with E-state index in [1.54, 1.807) is 0 Å². The zero-order valence-electron chi connectivity index (χ0n) is 39.8. The number of hydrogen-bond donors (Lipinski definition) is 0. The fourth-order valence-electron chi connectivity index (χ4n) is 11.9. The lowest BCUT2D eigenvalue weighted by molar-refractivity contribution is 0.661. The van der Waals surface area contributed by atoms with Gasteiger partial charge in [-0.05, 0) is 113 Å². The van der Waals surface area contributed by atoms with E-state index in [-0.39, 0.29) is 5.41 Å². The van der Waals surface area contributed by atoms with Crippen molar-refractivity contribution in [2.75, 3.05) is 0 Å². The predicted molar refractivity (Wildman–Crippen MR) is 296 cm³/mol. The molecule has 2 aliphatic rings. The molecule has 0 saturated heterocycles. The fourth-order valence-corrected chi connectivity index (χ4v) is 11.9. The second kappa shape index (κ2) is 15.4. The summed E-state index contributed by atoms with van der Waals surface area (Å²) in [5, 5.41) is 7.08. The van der Waals surface area contributed by atoms with Crippen molar-refractivity contribution in [3.63, 3.8) is 0 Å². The molecule has 0 spiro atoms. The summed E-state index contributed by atoms with van der Waals surface area (Å²) in [4.78, 5) is 15.1.